The van der Waals surface area contributed by atoms with Gasteiger partial charge in [0.2, 0.25) is 5.91 Å². The normalized spacial score (nSPS) is 19.8. The van der Waals surface area contributed by atoms with Crippen LogP contribution in [0, 0.1) is 0 Å². The number of aliphatic hydroxyl groups excluding tert-OH is 5. The number of rotatable bonds is 50. The predicted molar refractivity (Wildman–Crippen MR) is 337 cm³/mol. The van der Waals surface area contributed by atoms with E-state index in [0.29, 0.717) is 25.7 Å². The van der Waals surface area contributed by atoms with Crippen molar-refractivity contribution in [2.75, 3.05) is 13.2 Å². The van der Waals surface area contributed by atoms with Gasteiger partial charge in [0.15, 0.2) is 12.4 Å². The van der Waals surface area contributed by atoms with Gasteiger partial charge in [0.05, 0.1) is 25.4 Å². The number of unbranched alkanes of at least 4 members (excludes halogenated alkanes) is 12. The number of ether oxygens (including phenoxy) is 3. The van der Waals surface area contributed by atoms with Crippen molar-refractivity contribution < 1.29 is 49.3 Å². The summed E-state index contributed by atoms with van der Waals surface area (Å²) in [6.45, 7) is 5.48. The minimum atomic E-state index is -1.66. The molecule has 0 radical (unpaired) electrons. The van der Waals surface area contributed by atoms with Gasteiger partial charge in [0.25, 0.3) is 0 Å². The minimum absolute atomic E-state index is 0.0169. The first-order valence-corrected chi connectivity index (χ1v) is 31.3. The molecule has 1 amide bonds. The van der Waals surface area contributed by atoms with Gasteiger partial charge >= 0.3 is 5.97 Å². The third-order valence-electron chi connectivity index (χ3n) is 13.4. The van der Waals surface area contributed by atoms with Crippen molar-refractivity contribution in [1.82, 2.24) is 5.32 Å². The summed E-state index contributed by atoms with van der Waals surface area (Å²) in [6.07, 6.45) is 71.5. The van der Waals surface area contributed by atoms with Gasteiger partial charge in [-0.25, -0.2) is 0 Å². The first-order chi connectivity index (χ1) is 39.7. The second-order valence-corrected chi connectivity index (χ2v) is 20.7. The molecule has 6 N–H and O–H groups in total. The molecule has 0 bridgehead atoms. The Kier molecular flexibility index (Phi) is 51.2. The molecule has 456 valence electrons. The van der Waals surface area contributed by atoms with Gasteiger partial charge in [0, 0.05) is 6.42 Å². The Morgan fingerprint density at radius 3 is 1.32 bits per heavy atom. The van der Waals surface area contributed by atoms with Crippen molar-refractivity contribution in [3.05, 3.63) is 158 Å². The Balaban J connectivity index is 2.79. The summed E-state index contributed by atoms with van der Waals surface area (Å²) in [5, 5.41) is 56.9. The zero-order chi connectivity index (χ0) is 58.9. The number of hydrogen-bond donors (Lipinski definition) is 6. The van der Waals surface area contributed by atoms with E-state index in [-0.39, 0.29) is 19.4 Å². The highest BCUT2D eigenvalue weighted by Gasteiger charge is 2.47. The molecule has 1 aliphatic heterocycles. The average molecular weight is 1130 g/mol. The number of nitrogens with one attached hydrogen (secondary N) is 1. The van der Waals surface area contributed by atoms with Crippen LogP contribution in [0.5, 0.6) is 0 Å². The number of carbonyl (C=O) groups excluding carboxylic acids is 2. The number of hydrogen-bond acceptors (Lipinski definition) is 10. The molecule has 1 rings (SSSR count). The largest absolute Gasteiger partial charge is 0.454 e. The highest BCUT2D eigenvalue weighted by Crippen LogP contribution is 2.26. The smallest absolute Gasteiger partial charge is 0.306 e. The molecule has 8 atom stereocenters. The van der Waals surface area contributed by atoms with Crippen LogP contribution in [-0.4, -0.2) is 99.6 Å². The van der Waals surface area contributed by atoms with Crippen molar-refractivity contribution in [2.45, 2.75) is 256 Å². The van der Waals surface area contributed by atoms with Crippen LogP contribution in [-0.2, 0) is 23.8 Å². The lowest BCUT2D eigenvalue weighted by molar-refractivity contribution is -0.305. The maximum absolute atomic E-state index is 13.4. The van der Waals surface area contributed by atoms with E-state index < -0.39 is 67.4 Å². The van der Waals surface area contributed by atoms with E-state index in [4.69, 9.17) is 14.2 Å². The number of esters is 1. The molecule has 0 spiro atoms. The number of amides is 1. The Hall–Kier alpha value is -4.72. The van der Waals surface area contributed by atoms with Gasteiger partial charge in [-0.15, -0.1) is 0 Å². The van der Waals surface area contributed by atoms with E-state index >= 15 is 0 Å². The summed E-state index contributed by atoms with van der Waals surface area (Å²) in [5.41, 5.74) is 0. The maximum atomic E-state index is 13.4. The molecule has 0 aromatic carbocycles. The SMILES string of the molecule is CC/C=C\C/C=C\C/C=C\C/C=C\C/C=C\C/C=C\CCCC(O)C(=O)NC(COC1OC(CO)C(O)C(O)C1OC(=O)CC/C=C\C/C=C\C/C=C\C/C=C\C/C=C\C/C=C\CC)C(O)/C=C/CCCCCCCCCCCCC. The van der Waals surface area contributed by atoms with E-state index in [2.05, 4.69) is 154 Å². The number of allylic oxidation sites excluding steroid dienone is 25. The Labute approximate surface area is 491 Å². The van der Waals surface area contributed by atoms with Crippen molar-refractivity contribution in [1.29, 1.82) is 0 Å². The van der Waals surface area contributed by atoms with Gasteiger partial charge in [-0.3, -0.25) is 9.59 Å². The van der Waals surface area contributed by atoms with Crippen molar-refractivity contribution in [2.24, 2.45) is 0 Å². The number of carbonyl (C=O) groups is 2. The average Bonchev–Trinajstić information content (AvgIpc) is 3.46. The summed E-state index contributed by atoms with van der Waals surface area (Å²) < 4.78 is 17.5. The van der Waals surface area contributed by atoms with Crippen molar-refractivity contribution in [3.8, 4) is 0 Å². The molecular formula is C70H111NO10. The van der Waals surface area contributed by atoms with Gasteiger partial charge in [0.1, 0.15) is 24.4 Å². The summed E-state index contributed by atoms with van der Waals surface area (Å²) >= 11 is 0. The Bertz CT molecular complexity index is 1920. The zero-order valence-corrected chi connectivity index (χ0v) is 50.3. The second-order valence-electron chi connectivity index (χ2n) is 20.7. The van der Waals surface area contributed by atoms with Gasteiger partial charge in [-0.05, 0) is 116 Å². The molecule has 8 unspecified atom stereocenters. The van der Waals surface area contributed by atoms with Crippen LogP contribution in [0.15, 0.2) is 158 Å². The molecule has 1 heterocycles. The maximum Gasteiger partial charge on any atom is 0.306 e. The fourth-order valence-corrected chi connectivity index (χ4v) is 8.57. The lowest BCUT2D eigenvalue weighted by Gasteiger charge is -2.41. The summed E-state index contributed by atoms with van der Waals surface area (Å²) in [5.74, 6) is -1.34. The lowest BCUT2D eigenvalue weighted by Crippen LogP contribution is -2.61. The molecule has 0 aliphatic carbocycles. The van der Waals surface area contributed by atoms with E-state index in [1.54, 1.807) is 6.08 Å². The van der Waals surface area contributed by atoms with Gasteiger partial charge in [-0.2, -0.15) is 0 Å². The quantitative estimate of drug-likeness (QED) is 0.0195. The highest BCUT2D eigenvalue weighted by atomic mass is 16.7. The van der Waals surface area contributed by atoms with Crippen LogP contribution < -0.4 is 5.32 Å². The van der Waals surface area contributed by atoms with Crippen LogP contribution in [0.4, 0.5) is 0 Å². The third kappa shape index (κ3) is 43.6. The van der Waals surface area contributed by atoms with E-state index in [1.807, 2.05) is 24.3 Å². The van der Waals surface area contributed by atoms with Gasteiger partial charge < -0.3 is 45.1 Å². The Morgan fingerprint density at radius 1 is 0.494 bits per heavy atom. The fraction of sp³-hybridized carbons (Fsp3) is 0.600. The highest BCUT2D eigenvalue weighted by molar-refractivity contribution is 5.80. The Morgan fingerprint density at radius 2 is 0.889 bits per heavy atom. The fourth-order valence-electron chi connectivity index (χ4n) is 8.57. The van der Waals surface area contributed by atoms with E-state index in [1.165, 1.54) is 51.4 Å². The summed E-state index contributed by atoms with van der Waals surface area (Å²) in [4.78, 5) is 26.5. The molecule has 81 heavy (non-hydrogen) atoms. The van der Waals surface area contributed by atoms with Crippen LogP contribution in [0.25, 0.3) is 0 Å². The molecule has 0 aromatic heterocycles. The molecule has 0 saturated carbocycles. The number of aliphatic hydroxyl groups is 5. The van der Waals surface area contributed by atoms with E-state index in [9.17, 15) is 35.1 Å². The molecule has 11 nitrogen and oxygen atoms in total. The standard InChI is InChI=1S/C70H111NO10/c1-4-7-10-13-16-19-22-25-27-29-31-33-34-36-39-42-45-48-51-54-57-63(74)69(78)71-61(62(73)56-53-50-47-44-41-38-24-21-18-15-12-9-6-3)60-79-70-68(67(77)66(76)64(59-72)80-70)81-65(75)58-55-52-49-46-43-40-37-35-32-30-28-26-23-20-17-14-11-8-5-2/h7-8,10-11,16-17,19-20,25-28,31-33,35-36,39-40,43,45,48-49,52-53,56,61-64,66-68,70,72-74,76-77H,4-6,9,12-15,18,21-24,29-30,34,37-38,41-42,44,46-47,50-51,54-55,57-60H2,1-3H3,(H,71,78)/b10-7-,11-8-,19-16-,20-17-,27-25-,28-26-,33-31-,35-32-,39-36-,43-40-,48-45-,52-49-,56-53+. The minimum Gasteiger partial charge on any atom is -0.454 e. The predicted octanol–water partition coefficient (Wildman–Crippen LogP) is 15.2. The van der Waals surface area contributed by atoms with Crippen LogP contribution >= 0.6 is 0 Å². The zero-order valence-electron chi connectivity index (χ0n) is 50.3. The molecule has 11 heteroatoms. The van der Waals surface area contributed by atoms with Gasteiger partial charge in [-0.1, -0.05) is 243 Å². The van der Waals surface area contributed by atoms with Crippen molar-refractivity contribution in [3.63, 3.8) is 0 Å². The molecule has 0 aromatic rings. The second kappa shape index (κ2) is 55.8. The molecular weight excluding hydrogens is 1010 g/mol. The molecule has 1 fully saturated rings. The van der Waals surface area contributed by atoms with E-state index in [0.717, 1.165) is 96.3 Å². The molecule has 1 aliphatic rings. The topological polar surface area (TPSA) is 175 Å². The van der Waals surface area contributed by atoms with Crippen LogP contribution in [0.1, 0.15) is 207 Å². The summed E-state index contributed by atoms with van der Waals surface area (Å²) in [6, 6.07) is -1.08. The first kappa shape index (κ1) is 74.3. The monoisotopic (exact) mass is 1130 g/mol. The van der Waals surface area contributed by atoms with Crippen LogP contribution in [0.2, 0.25) is 0 Å². The van der Waals surface area contributed by atoms with Crippen LogP contribution in [0.3, 0.4) is 0 Å². The molecule has 1 saturated heterocycles. The third-order valence-corrected chi connectivity index (χ3v) is 13.4. The summed E-state index contributed by atoms with van der Waals surface area (Å²) in [7, 11) is 0. The van der Waals surface area contributed by atoms with Crippen molar-refractivity contribution >= 4 is 11.9 Å². The first-order valence-electron chi connectivity index (χ1n) is 31.3. The lowest BCUT2D eigenvalue weighted by atomic mass is 9.99.